The zero-order chi connectivity index (χ0) is 25.1. The van der Waals surface area contributed by atoms with Gasteiger partial charge in [0.1, 0.15) is 0 Å². The van der Waals surface area contributed by atoms with Crippen LogP contribution < -0.4 is 4.74 Å². The number of benzene rings is 3. The van der Waals surface area contributed by atoms with Crippen LogP contribution in [0.5, 0.6) is 5.75 Å². The molecule has 35 heavy (non-hydrogen) atoms. The van der Waals surface area contributed by atoms with Crippen LogP contribution in [0.2, 0.25) is 10.0 Å². The summed E-state index contributed by atoms with van der Waals surface area (Å²) in [4.78, 5) is 11.1. The Hall–Kier alpha value is -2.86. The molecule has 0 unspecified atom stereocenters. The average molecular weight is 515 g/mol. The lowest BCUT2D eigenvalue weighted by Crippen LogP contribution is -2.32. The summed E-state index contributed by atoms with van der Waals surface area (Å²) in [6, 6.07) is 19.6. The molecular formula is C28H25Cl2FO4. The summed E-state index contributed by atoms with van der Waals surface area (Å²) in [5, 5.41) is 10.3. The summed E-state index contributed by atoms with van der Waals surface area (Å²) in [5.74, 6) is -2.21. The molecule has 0 radical (unpaired) electrons. The predicted octanol–water partition coefficient (Wildman–Crippen LogP) is 7.77. The van der Waals surface area contributed by atoms with Gasteiger partial charge in [-0.3, -0.25) is 0 Å². The molecule has 7 heteroatoms. The molecule has 4 rings (SSSR count). The topological polar surface area (TPSA) is 55.8 Å². The lowest BCUT2D eigenvalue weighted by molar-refractivity contribution is -0.139. The van der Waals surface area contributed by atoms with Crippen molar-refractivity contribution in [3.63, 3.8) is 0 Å². The predicted molar refractivity (Wildman–Crippen MR) is 135 cm³/mol. The van der Waals surface area contributed by atoms with Crippen molar-refractivity contribution in [2.75, 3.05) is 6.61 Å². The molecule has 3 aromatic rings. The second-order valence-electron chi connectivity index (χ2n) is 8.72. The SMILES string of the molecule is C=C(C)[C@H]1C[C@H](c2cccc(Cl)c2)[C@H](c2ccc(Cl)cc2)O[C@@H]1c1cccc(F)c1OCC(=O)O. The van der Waals surface area contributed by atoms with Crippen molar-refractivity contribution in [3.8, 4) is 5.75 Å². The summed E-state index contributed by atoms with van der Waals surface area (Å²) in [7, 11) is 0. The van der Waals surface area contributed by atoms with E-state index in [0.717, 1.165) is 16.7 Å². The van der Waals surface area contributed by atoms with E-state index in [0.29, 0.717) is 22.0 Å². The molecule has 1 N–H and O–H groups in total. The van der Waals surface area contributed by atoms with Gasteiger partial charge in [0, 0.05) is 27.4 Å². The molecule has 4 nitrogen and oxygen atoms in total. The summed E-state index contributed by atoms with van der Waals surface area (Å²) < 4.78 is 26.9. The zero-order valence-corrected chi connectivity index (χ0v) is 20.6. The molecule has 1 fully saturated rings. The van der Waals surface area contributed by atoms with E-state index in [4.69, 9.17) is 37.8 Å². The molecule has 182 valence electrons. The molecule has 0 aromatic heterocycles. The van der Waals surface area contributed by atoms with Gasteiger partial charge in [0.25, 0.3) is 0 Å². The van der Waals surface area contributed by atoms with Gasteiger partial charge in [-0.1, -0.05) is 71.8 Å². The fraction of sp³-hybridized carbons (Fsp3) is 0.250. The van der Waals surface area contributed by atoms with Crippen LogP contribution in [0.3, 0.4) is 0 Å². The van der Waals surface area contributed by atoms with E-state index in [2.05, 4.69) is 6.58 Å². The van der Waals surface area contributed by atoms with Crippen molar-refractivity contribution in [2.45, 2.75) is 31.5 Å². The van der Waals surface area contributed by atoms with Crippen molar-refractivity contribution >= 4 is 29.2 Å². The molecule has 4 atom stereocenters. The number of aliphatic carboxylic acids is 1. The Bertz CT molecular complexity index is 1230. The number of para-hydroxylation sites is 1. The number of hydrogen-bond acceptors (Lipinski definition) is 3. The van der Waals surface area contributed by atoms with Crippen molar-refractivity contribution in [1.29, 1.82) is 0 Å². The first kappa shape index (κ1) is 25.2. The standard InChI is InChI=1S/C28H25Cl2FO4/c1-16(2)22-14-23(18-5-3-6-20(30)13-18)26(17-9-11-19(29)12-10-17)35-27(22)21-7-4-8-24(31)28(21)34-15-25(32)33/h3-13,22-23,26-27H,1,14-15H2,2H3,(H,32,33)/t22-,23-,26+,27-/m1/s1. The van der Waals surface area contributed by atoms with Crippen molar-refractivity contribution in [2.24, 2.45) is 5.92 Å². The summed E-state index contributed by atoms with van der Waals surface area (Å²) in [6.45, 7) is 5.43. The van der Waals surface area contributed by atoms with Crippen LogP contribution in [0.4, 0.5) is 4.39 Å². The Balaban J connectivity index is 1.81. The van der Waals surface area contributed by atoms with Gasteiger partial charge < -0.3 is 14.6 Å². The number of carboxylic acids is 1. The highest BCUT2D eigenvalue weighted by Crippen LogP contribution is 2.53. The van der Waals surface area contributed by atoms with Gasteiger partial charge in [-0.15, -0.1) is 0 Å². The minimum atomic E-state index is -1.19. The maximum Gasteiger partial charge on any atom is 0.341 e. The first-order chi connectivity index (χ1) is 16.7. The molecule has 3 aromatic carbocycles. The number of halogens is 3. The number of carboxylic acid groups (broad SMARTS) is 1. The second-order valence-corrected chi connectivity index (χ2v) is 9.59. The van der Waals surface area contributed by atoms with Crippen LogP contribution in [0.15, 0.2) is 78.9 Å². The maximum absolute atomic E-state index is 14.8. The fourth-order valence-corrected chi connectivity index (χ4v) is 4.99. The average Bonchev–Trinajstić information content (AvgIpc) is 2.82. The van der Waals surface area contributed by atoms with Crippen LogP contribution in [0.1, 0.15) is 48.2 Å². The van der Waals surface area contributed by atoms with Crippen molar-refractivity contribution in [1.82, 2.24) is 0 Å². The number of rotatable bonds is 7. The summed E-state index contributed by atoms with van der Waals surface area (Å²) >= 11 is 12.5. The Morgan fingerprint density at radius 2 is 1.77 bits per heavy atom. The molecular weight excluding hydrogens is 490 g/mol. The van der Waals surface area contributed by atoms with E-state index in [9.17, 15) is 9.18 Å². The third-order valence-corrected chi connectivity index (χ3v) is 6.77. The molecule has 1 aliphatic heterocycles. The Kier molecular flexibility index (Phi) is 7.80. The van der Waals surface area contributed by atoms with Crippen molar-refractivity contribution < 1.29 is 23.8 Å². The van der Waals surface area contributed by atoms with Crippen LogP contribution in [-0.2, 0) is 9.53 Å². The van der Waals surface area contributed by atoms with E-state index in [1.807, 2.05) is 43.3 Å². The highest BCUT2D eigenvalue weighted by molar-refractivity contribution is 6.30. The number of carbonyl (C=O) groups is 1. The van der Waals surface area contributed by atoms with Gasteiger partial charge >= 0.3 is 5.97 Å². The Morgan fingerprint density at radius 3 is 2.43 bits per heavy atom. The number of ether oxygens (including phenoxy) is 2. The summed E-state index contributed by atoms with van der Waals surface area (Å²) in [6.07, 6.45) is -0.354. The molecule has 0 spiro atoms. The third-order valence-electron chi connectivity index (χ3n) is 6.28. The fourth-order valence-electron chi connectivity index (χ4n) is 4.67. The molecule has 0 bridgehead atoms. The lowest BCUT2D eigenvalue weighted by atomic mass is 9.74. The monoisotopic (exact) mass is 514 g/mol. The van der Waals surface area contributed by atoms with E-state index in [-0.39, 0.29) is 17.6 Å². The molecule has 0 aliphatic carbocycles. The number of hydrogen-bond donors (Lipinski definition) is 1. The minimum Gasteiger partial charge on any atom is -0.479 e. The highest BCUT2D eigenvalue weighted by Gasteiger charge is 2.42. The normalized spacial score (nSPS) is 21.9. The van der Waals surface area contributed by atoms with Gasteiger partial charge in [-0.05, 0) is 54.8 Å². The zero-order valence-electron chi connectivity index (χ0n) is 19.1. The maximum atomic E-state index is 14.8. The molecule has 0 saturated carbocycles. The van der Waals surface area contributed by atoms with E-state index >= 15 is 0 Å². The van der Waals surface area contributed by atoms with Gasteiger partial charge in [0.05, 0.1) is 12.2 Å². The van der Waals surface area contributed by atoms with Gasteiger partial charge in [-0.25, -0.2) is 9.18 Å². The first-order valence-electron chi connectivity index (χ1n) is 11.2. The molecule has 1 heterocycles. The molecule has 1 saturated heterocycles. The van der Waals surface area contributed by atoms with Crippen LogP contribution in [-0.4, -0.2) is 17.7 Å². The third kappa shape index (κ3) is 5.69. The van der Waals surface area contributed by atoms with Crippen LogP contribution >= 0.6 is 23.2 Å². The van der Waals surface area contributed by atoms with E-state index < -0.39 is 30.6 Å². The van der Waals surface area contributed by atoms with E-state index in [1.54, 1.807) is 24.3 Å². The highest BCUT2D eigenvalue weighted by atomic mass is 35.5. The smallest absolute Gasteiger partial charge is 0.341 e. The minimum absolute atomic E-state index is 0.0650. The Morgan fingerprint density at radius 1 is 1.06 bits per heavy atom. The quantitative estimate of drug-likeness (QED) is 0.327. The first-order valence-corrected chi connectivity index (χ1v) is 11.9. The molecule has 1 aliphatic rings. The Labute approximate surface area is 213 Å². The van der Waals surface area contributed by atoms with Gasteiger partial charge in [0.15, 0.2) is 18.2 Å². The molecule has 0 amide bonds. The van der Waals surface area contributed by atoms with Crippen LogP contribution in [0.25, 0.3) is 0 Å². The van der Waals surface area contributed by atoms with Crippen molar-refractivity contribution in [3.05, 3.63) is 111 Å². The second kappa shape index (κ2) is 10.8. The summed E-state index contributed by atoms with van der Waals surface area (Å²) in [5.41, 5.74) is 3.24. The van der Waals surface area contributed by atoms with Gasteiger partial charge in [0.2, 0.25) is 0 Å². The largest absolute Gasteiger partial charge is 0.479 e. The van der Waals surface area contributed by atoms with Crippen LogP contribution in [0, 0.1) is 11.7 Å². The van der Waals surface area contributed by atoms with Gasteiger partial charge in [-0.2, -0.15) is 0 Å². The van der Waals surface area contributed by atoms with E-state index in [1.165, 1.54) is 6.07 Å². The lowest BCUT2D eigenvalue weighted by Gasteiger charge is -2.43.